The van der Waals surface area contributed by atoms with Crippen LogP contribution in [0.4, 0.5) is 0 Å². The van der Waals surface area contributed by atoms with Crippen LogP contribution in [0.1, 0.15) is 13.8 Å². The van der Waals surface area contributed by atoms with E-state index in [1.807, 2.05) is 0 Å². The maximum absolute atomic E-state index is 5.69. The molecule has 0 amide bonds. The molecule has 0 aliphatic carbocycles. The van der Waals surface area contributed by atoms with Gasteiger partial charge < -0.3 is 24.3 Å². The molecular formula is C13H29NO4. The first kappa shape index (κ1) is 17.8. The van der Waals surface area contributed by atoms with Gasteiger partial charge in [0.1, 0.15) is 0 Å². The highest BCUT2D eigenvalue weighted by atomic mass is 16.6. The largest absolute Gasteiger partial charge is 0.382 e. The molecular weight excluding hydrogens is 234 g/mol. The van der Waals surface area contributed by atoms with Crippen LogP contribution in [0, 0.1) is 5.92 Å². The molecule has 1 atom stereocenters. The summed E-state index contributed by atoms with van der Waals surface area (Å²) in [5.41, 5.74) is 0. The Kier molecular flexibility index (Phi) is 13.1. The third-order valence-corrected chi connectivity index (χ3v) is 2.29. The van der Waals surface area contributed by atoms with Crippen LogP contribution in [0.5, 0.6) is 0 Å². The number of hydrogen-bond acceptors (Lipinski definition) is 5. The maximum Gasteiger partial charge on any atom is 0.0933 e. The molecule has 0 rings (SSSR count). The fraction of sp³-hybridized carbons (Fsp3) is 1.00. The van der Waals surface area contributed by atoms with Gasteiger partial charge in [-0.3, -0.25) is 0 Å². The standard InChI is InChI=1S/C13H29NO4/c1-12(2)9-14-10-13(11-16-4)18-8-7-17-6-5-15-3/h12-14H,5-11H2,1-4H3. The molecule has 0 aromatic rings. The zero-order valence-corrected chi connectivity index (χ0v) is 12.2. The maximum atomic E-state index is 5.69. The fourth-order valence-corrected chi connectivity index (χ4v) is 1.40. The Balaban J connectivity index is 3.50. The Morgan fingerprint density at radius 3 is 2.22 bits per heavy atom. The average Bonchev–Trinajstić information content (AvgIpc) is 2.33. The SMILES string of the molecule is COCCOCCOC(CNCC(C)C)COC. The lowest BCUT2D eigenvalue weighted by atomic mass is 10.2. The lowest BCUT2D eigenvalue weighted by Crippen LogP contribution is -2.35. The highest BCUT2D eigenvalue weighted by molar-refractivity contribution is 4.62. The molecule has 0 aromatic carbocycles. The molecule has 0 fully saturated rings. The van der Waals surface area contributed by atoms with Crippen LogP contribution in [0.25, 0.3) is 0 Å². The van der Waals surface area contributed by atoms with Crippen LogP contribution < -0.4 is 5.32 Å². The van der Waals surface area contributed by atoms with Gasteiger partial charge in [0.15, 0.2) is 0 Å². The number of ether oxygens (including phenoxy) is 4. The lowest BCUT2D eigenvalue weighted by molar-refractivity contribution is -0.0327. The lowest BCUT2D eigenvalue weighted by Gasteiger charge is -2.18. The van der Waals surface area contributed by atoms with Gasteiger partial charge in [0, 0.05) is 20.8 Å². The van der Waals surface area contributed by atoms with E-state index in [4.69, 9.17) is 18.9 Å². The monoisotopic (exact) mass is 263 g/mol. The molecule has 0 heterocycles. The van der Waals surface area contributed by atoms with Gasteiger partial charge in [0.25, 0.3) is 0 Å². The van der Waals surface area contributed by atoms with E-state index in [1.165, 1.54) is 0 Å². The van der Waals surface area contributed by atoms with E-state index in [9.17, 15) is 0 Å². The quantitative estimate of drug-likeness (QED) is 0.501. The van der Waals surface area contributed by atoms with Crippen molar-refractivity contribution in [3.8, 4) is 0 Å². The molecule has 0 saturated carbocycles. The van der Waals surface area contributed by atoms with Crippen molar-refractivity contribution in [3.05, 3.63) is 0 Å². The summed E-state index contributed by atoms with van der Waals surface area (Å²) < 4.78 is 21.0. The Labute approximate surface area is 111 Å². The van der Waals surface area contributed by atoms with Crippen molar-refractivity contribution in [1.29, 1.82) is 0 Å². The molecule has 110 valence electrons. The smallest absolute Gasteiger partial charge is 0.0933 e. The Bertz CT molecular complexity index is 167. The molecule has 0 saturated heterocycles. The highest BCUT2D eigenvalue weighted by Gasteiger charge is 2.08. The minimum absolute atomic E-state index is 0.0831. The van der Waals surface area contributed by atoms with Crippen LogP contribution in [-0.4, -0.2) is 66.4 Å². The third kappa shape index (κ3) is 12.3. The minimum atomic E-state index is 0.0831. The highest BCUT2D eigenvalue weighted by Crippen LogP contribution is 1.94. The average molecular weight is 263 g/mol. The summed E-state index contributed by atoms with van der Waals surface area (Å²) in [6.07, 6.45) is 0.0831. The van der Waals surface area contributed by atoms with Crippen molar-refractivity contribution in [2.45, 2.75) is 20.0 Å². The van der Waals surface area contributed by atoms with Crippen LogP contribution in [0.2, 0.25) is 0 Å². The molecule has 1 N–H and O–H groups in total. The number of hydrogen-bond donors (Lipinski definition) is 1. The second kappa shape index (κ2) is 13.2. The van der Waals surface area contributed by atoms with Gasteiger partial charge in [0.05, 0.1) is 39.1 Å². The number of methoxy groups -OCH3 is 2. The van der Waals surface area contributed by atoms with Crippen LogP contribution in [0.3, 0.4) is 0 Å². The van der Waals surface area contributed by atoms with Crippen LogP contribution in [0.15, 0.2) is 0 Å². The second-order valence-corrected chi connectivity index (χ2v) is 4.61. The number of nitrogens with one attached hydrogen (secondary N) is 1. The summed E-state index contributed by atoms with van der Waals surface area (Å²) in [6, 6.07) is 0. The molecule has 18 heavy (non-hydrogen) atoms. The molecule has 0 aromatic heterocycles. The van der Waals surface area contributed by atoms with Crippen molar-refractivity contribution in [1.82, 2.24) is 5.32 Å². The summed E-state index contributed by atoms with van der Waals surface area (Å²) in [5, 5.41) is 3.37. The van der Waals surface area contributed by atoms with E-state index in [-0.39, 0.29) is 6.10 Å². The molecule has 0 aliphatic rings. The van der Waals surface area contributed by atoms with Gasteiger partial charge in [0.2, 0.25) is 0 Å². The fourth-order valence-electron chi connectivity index (χ4n) is 1.40. The zero-order valence-electron chi connectivity index (χ0n) is 12.2. The first-order valence-corrected chi connectivity index (χ1v) is 6.58. The predicted octanol–water partition coefficient (Wildman–Crippen LogP) is 0.927. The van der Waals surface area contributed by atoms with E-state index in [2.05, 4.69) is 19.2 Å². The molecule has 5 nitrogen and oxygen atoms in total. The summed E-state index contributed by atoms with van der Waals surface area (Å²) in [4.78, 5) is 0. The minimum Gasteiger partial charge on any atom is -0.382 e. The Morgan fingerprint density at radius 1 is 0.889 bits per heavy atom. The van der Waals surface area contributed by atoms with Gasteiger partial charge in [-0.2, -0.15) is 0 Å². The van der Waals surface area contributed by atoms with Crippen LogP contribution >= 0.6 is 0 Å². The Morgan fingerprint density at radius 2 is 1.61 bits per heavy atom. The molecule has 1 unspecified atom stereocenters. The first-order valence-electron chi connectivity index (χ1n) is 6.58. The summed E-state index contributed by atoms with van der Waals surface area (Å²) in [5.74, 6) is 0.644. The van der Waals surface area contributed by atoms with Crippen molar-refractivity contribution in [2.75, 3.05) is 60.3 Å². The van der Waals surface area contributed by atoms with Crippen molar-refractivity contribution >= 4 is 0 Å². The van der Waals surface area contributed by atoms with Gasteiger partial charge in [-0.1, -0.05) is 13.8 Å². The normalized spacial score (nSPS) is 13.2. The van der Waals surface area contributed by atoms with Gasteiger partial charge in [-0.25, -0.2) is 0 Å². The van der Waals surface area contributed by atoms with E-state index in [0.29, 0.717) is 39.0 Å². The first-order chi connectivity index (χ1) is 8.70. The molecule has 0 spiro atoms. The third-order valence-electron chi connectivity index (χ3n) is 2.29. The summed E-state index contributed by atoms with van der Waals surface area (Å²) >= 11 is 0. The molecule has 0 bridgehead atoms. The molecule has 0 radical (unpaired) electrons. The van der Waals surface area contributed by atoms with E-state index >= 15 is 0 Å². The van der Waals surface area contributed by atoms with E-state index < -0.39 is 0 Å². The number of rotatable bonds is 13. The Hall–Kier alpha value is -0.200. The van der Waals surface area contributed by atoms with Crippen molar-refractivity contribution in [2.24, 2.45) is 5.92 Å². The molecule has 5 heteroatoms. The van der Waals surface area contributed by atoms with Gasteiger partial charge in [-0.15, -0.1) is 0 Å². The van der Waals surface area contributed by atoms with Gasteiger partial charge >= 0.3 is 0 Å². The summed E-state index contributed by atoms with van der Waals surface area (Å²) in [6.45, 7) is 9.18. The van der Waals surface area contributed by atoms with Crippen molar-refractivity contribution in [3.63, 3.8) is 0 Å². The summed E-state index contributed by atoms with van der Waals surface area (Å²) in [7, 11) is 3.35. The van der Waals surface area contributed by atoms with Crippen LogP contribution in [-0.2, 0) is 18.9 Å². The zero-order chi connectivity index (χ0) is 13.6. The molecule has 0 aliphatic heterocycles. The van der Waals surface area contributed by atoms with E-state index in [0.717, 1.165) is 13.1 Å². The topological polar surface area (TPSA) is 49.0 Å². The van der Waals surface area contributed by atoms with Gasteiger partial charge in [-0.05, 0) is 12.5 Å². The predicted molar refractivity (Wildman–Crippen MR) is 72.0 cm³/mol. The second-order valence-electron chi connectivity index (χ2n) is 4.61. The van der Waals surface area contributed by atoms with Crippen molar-refractivity contribution < 1.29 is 18.9 Å². The van der Waals surface area contributed by atoms with E-state index in [1.54, 1.807) is 14.2 Å².